The number of nitrogens with one attached hydrogen (secondary N) is 2. The zero-order valence-corrected chi connectivity index (χ0v) is 15.8. The van der Waals surface area contributed by atoms with E-state index in [0.717, 1.165) is 5.56 Å². The van der Waals surface area contributed by atoms with Crippen molar-refractivity contribution in [2.75, 3.05) is 21.9 Å². The van der Waals surface area contributed by atoms with Crippen molar-refractivity contribution < 1.29 is 18.0 Å². The number of hydrogen-bond acceptors (Lipinski definition) is 4. The number of aryl methyl sites for hydroxylation is 1. The van der Waals surface area contributed by atoms with Crippen molar-refractivity contribution in [3.8, 4) is 0 Å². The molecule has 2 aromatic carbocycles. The number of sulfonamides is 1. The van der Waals surface area contributed by atoms with Crippen LogP contribution >= 0.6 is 0 Å². The minimum absolute atomic E-state index is 0.145. The second-order valence-electron chi connectivity index (χ2n) is 6.36. The van der Waals surface area contributed by atoms with Gasteiger partial charge in [-0.15, -0.1) is 0 Å². The number of carbonyl (C=O) groups is 2. The predicted octanol–water partition coefficient (Wildman–Crippen LogP) is 1.79. The Kier molecular flexibility index (Phi) is 5.46. The average molecular weight is 387 g/mol. The van der Waals surface area contributed by atoms with Gasteiger partial charge in [0.2, 0.25) is 10.0 Å². The van der Waals surface area contributed by atoms with Gasteiger partial charge in [-0.1, -0.05) is 30.3 Å². The van der Waals surface area contributed by atoms with E-state index in [1.165, 1.54) is 4.31 Å². The lowest BCUT2D eigenvalue weighted by Gasteiger charge is -2.18. The lowest BCUT2D eigenvalue weighted by atomic mass is 10.1. The smallest absolute Gasteiger partial charge is 0.313 e. The average Bonchev–Trinajstić information content (AvgIpc) is 3.01. The van der Waals surface area contributed by atoms with E-state index in [2.05, 4.69) is 10.6 Å². The quantitative estimate of drug-likeness (QED) is 0.782. The zero-order valence-electron chi connectivity index (χ0n) is 14.9. The molecular formula is C19H21N3O4S. The molecule has 0 unspecified atom stereocenters. The molecule has 27 heavy (non-hydrogen) atoms. The summed E-state index contributed by atoms with van der Waals surface area (Å²) < 4.78 is 25.4. The highest BCUT2D eigenvalue weighted by Gasteiger charge is 2.28. The molecule has 2 amide bonds. The summed E-state index contributed by atoms with van der Waals surface area (Å²) in [4.78, 5) is 24.1. The molecule has 1 heterocycles. The Balaban J connectivity index is 1.63. The van der Waals surface area contributed by atoms with E-state index in [4.69, 9.17) is 0 Å². The van der Waals surface area contributed by atoms with Crippen LogP contribution < -0.4 is 14.9 Å². The number of rotatable bonds is 4. The van der Waals surface area contributed by atoms with Crippen LogP contribution in [0.2, 0.25) is 0 Å². The molecule has 3 rings (SSSR count). The minimum atomic E-state index is -3.26. The van der Waals surface area contributed by atoms with Crippen molar-refractivity contribution in [1.29, 1.82) is 0 Å². The molecule has 1 saturated heterocycles. The van der Waals surface area contributed by atoms with E-state index in [1.54, 1.807) is 25.1 Å². The molecule has 1 aliphatic rings. The molecule has 0 bridgehead atoms. The molecule has 0 aromatic heterocycles. The second kappa shape index (κ2) is 7.79. The summed E-state index contributed by atoms with van der Waals surface area (Å²) in [5, 5.41) is 5.13. The molecular weight excluding hydrogens is 366 g/mol. The summed E-state index contributed by atoms with van der Waals surface area (Å²) in [6.07, 6.45) is 0.599. The van der Waals surface area contributed by atoms with E-state index < -0.39 is 21.8 Å². The zero-order chi connectivity index (χ0) is 19.4. The minimum Gasteiger partial charge on any atom is -0.344 e. The standard InChI is InChI=1S/C19H21N3O4S/c1-14-12-16(22-10-5-11-27(22,25)26)8-9-17(14)21-19(24)18(23)20-13-15-6-3-2-4-7-15/h2-4,6-9,12H,5,10-11,13H2,1H3,(H,20,23)(H,21,24). The molecule has 0 spiro atoms. The third-order valence-corrected chi connectivity index (χ3v) is 6.22. The predicted molar refractivity (Wildman–Crippen MR) is 104 cm³/mol. The van der Waals surface area contributed by atoms with Crippen LogP contribution in [0.25, 0.3) is 0 Å². The van der Waals surface area contributed by atoms with Crippen LogP contribution in [0.5, 0.6) is 0 Å². The molecule has 0 radical (unpaired) electrons. The van der Waals surface area contributed by atoms with E-state index in [9.17, 15) is 18.0 Å². The number of nitrogens with zero attached hydrogens (tertiary/aromatic N) is 1. The summed E-state index contributed by atoms with van der Waals surface area (Å²) in [7, 11) is -3.26. The normalized spacial score (nSPS) is 15.4. The van der Waals surface area contributed by atoms with Crippen molar-refractivity contribution >= 4 is 33.2 Å². The van der Waals surface area contributed by atoms with Crippen molar-refractivity contribution in [1.82, 2.24) is 5.32 Å². The summed E-state index contributed by atoms with van der Waals surface area (Å²) in [6, 6.07) is 14.2. The summed E-state index contributed by atoms with van der Waals surface area (Å²) in [5.74, 6) is -1.36. The SMILES string of the molecule is Cc1cc(N2CCCS2(=O)=O)ccc1NC(=O)C(=O)NCc1ccccc1. The summed E-state index contributed by atoms with van der Waals surface area (Å²) >= 11 is 0. The van der Waals surface area contributed by atoms with Gasteiger partial charge in [0.1, 0.15) is 0 Å². The van der Waals surface area contributed by atoms with Crippen LogP contribution in [0, 0.1) is 6.92 Å². The molecule has 0 saturated carbocycles. The van der Waals surface area contributed by atoms with Gasteiger partial charge in [-0.05, 0) is 42.7 Å². The summed E-state index contributed by atoms with van der Waals surface area (Å²) in [5.41, 5.74) is 2.61. The van der Waals surface area contributed by atoms with Gasteiger partial charge in [0.15, 0.2) is 0 Å². The van der Waals surface area contributed by atoms with Crippen molar-refractivity contribution in [3.63, 3.8) is 0 Å². The largest absolute Gasteiger partial charge is 0.344 e. The Labute approximate surface area is 158 Å². The Bertz CT molecular complexity index is 958. The number of hydrogen-bond donors (Lipinski definition) is 2. The first-order valence-electron chi connectivity index (χ1n) is 8.61. The van der Waals surface area contributed by atoms with E-state index in [0.29, 0.717) is 29.9 Å². The fourth-order valence-corrected chi connectivity index (χ4v) is 4.47. The first-order chi connectivity index (χ1) is 12.9. The van der Waals surface area contributed by atoms with Gasteiger partial charge in [0, 0.05) is 18.8 Å². The monoisotopic (exact) mass is 387 g/mol. The van der Waals surface area contributed by atoms with Crippen molar-refractivity contribution in [2.45, 2.75) is 19.9 Å². The highest BCUT2D eigenvalue weighted by Crippen LogP contribution is 2.27. The van der Waals surface area contributed by atoms with Gasteiger partial charge in [-0.25, -0.2) is 8.42 Å². The summed E-state index contributed by atoms with van der Waals surface area (Å²) in [6.45, 7) is 2.47. The van der Waals surface area contributed by atoms with Gasteiger partial charge in [-0.3, -0.25) is 13.9 Å². The lowest BCUT2D eigenvalue weighted by Crippen LogP contribution is -2.35. The fourth-order valence-electron chi connectivity index (χ4n) is 2.91. The highest BCUT2D eigenvalue weighted by molar-refractivity contribution is 7.93. The molecule has 0 aliphatic carbocycles. The van der Waals surface area contributed by atoms with E-state index in [-0.39, 0.29) is 12.3 Å². The van der Waals surface area contributed by atoms with Crippen LogP contribution in [0.3, 0.4) is 0 Å². The Morgan fingerprint density at radius 1 is 1.07 bits per heavy atom. The van der Waals surface area contributed by atoms with E-state index in [1.807, 2.05) is 30.3 Å². The van der Waals surface area contributed by atoms with Gasteiger partial charge in [-0.2, -0.15) is 0 Å². The molecule has 8 heteroatoms. The van der Waals surface area contributed by atoms with E-state index >= 15 is 0 Å². The maximum atomic E-state index is 12.1. The van der Waals surface area contributed by atoms with Gasteiger partial charge in [0.05, 0.1) is 11.4 Å². The van der Waals surface area contributed by atoms with Crippen LogP contribution in [-0.4, -0.2) is 32.5 Å². The topological polar surface area (TPSA) is 95.6 Å². The first kappa shape index (κ1) is 18.9. The molecule has 7 nitrogen and oxygen atoms in total. The van der Waals surface area contributed by atoms with Gasteiger partial charge < -0.3 is 10.6 Å². The van der Waals surface area contributed by atoms with Crippen LogP contribution in [-0.2, 0) is 26.2 Å². The number of benzene rings is 2. The van der Waals surface area contributed by atoms with Crippen molar-refractivity contribution in [2.24, 2.45) is 0 Å². The molecule has 1 fully saturated rings. The Hall–Kier alpha value is -2.87. The first-order valence-corrected chi connectivity index (χ1v) is 10.2. The number of anilines is 2. The van der Waals surface area contributed by atoms with Crippen molar-refractivity contribution in [3.05, 3.63) is 59.7 Å². The third-order valence-electron chi connectivity index (χ3n) is 4.35. The fraction of sp³-hybridized carbons (Fsp3) is 0.263. The Morgan fingerprint density at radius 2 is 1.81 bits per heavy atom. The molecule has 2 aromatic rings. The van der Waals surface area contributed by atoms with Gasteiger partial charge in [0.25, 0.3) is 0 Å². The van der Waals surface area contributed by atoms with Crippen LogP contribution in [0.15, 0.2) is 48.5 Å². The molecule has 142 valence electrons. The second-order valence-corrected chi connectivity index (χ2v) is 8.38. The molecule has 0 atom stereocenters. The third kappa shape index (κ3) is 4.46. The molecule has 1 aliphatic heterocycles. The highest BCUT2D eigenvalue weighted by atomic mass is 32.2. The van der Waals surface area contributed by atoms with Crippen LogP contribution in [0.1, 0.15) is 17.5 Å². The maximum Gasteiger partial charge on any atom is 0.313 e. The Morgan fingerprint density at radius 3 is 2.44 bits per heavy atom. The number of carbonyl (C=O) groups excluding carboxylic acids is 2. The number of amides is 2. The maximum absolute atomic E-state index is 12.1. The molecule has 2 N–H and O–H groups in total. The lowest BCUT2D eigenvalue weighted by molar-refractivity contribution is -0.136. The van der Waals surface area contributed by atoms with Crippen LogP contribution in [0.4, 0.5) is 11.4 Å². The van der Waals surface area contributed by atoms with Gasteiger partial charge >= 0.3 is 11.8 Å².